The maximum Gasteiger partial charge on any atom is 0.232 e. The second kappa shape index (κ2) is 5.08. The highest BCUT2D eigenvalue weighted by atomic mass is 16.2. The van der Waals surface area contributed by atoms with Gasteiger partial charge in [0, 0.05) is 18.8 Å². The van der Waals surface area contributed by atoms with Crippen LogP contribution in [-0.4, -0.2) is 23.9 Å². The second-order valence-electron chi connectivity index (χ2n) is 5.81. The van der Waals surface area contributed by atoms with Crippen molar-refractivity contribution < 1.29 is 4.79 Å². The van der Waals surface area contributed by atoms with E-state index in [4.69, 9.17) is 5.73 Å². The van der Waals surface area contributed by atoms with Crippen molar-refractivity contribution in [1.82, 2.24) is 4.90 Å². The largest absolute Gasteiger partial charge is 0.399 e. The van der Waals surface area contributed by atoms with Gasteiger partial charge in [0.25, 0.3) is 0 Å². The molecule has 0 aliphatic carbocycles. The van der Waals surface area contributed by atoms with Gasteiger partial charge < -0.3 is 10.6 Å². The summed E-state index contributed by atoms with van der Waals surface area (Å²) in [4.78, 5) is 14.7. The molecule has 0 unspecified atom stereocenters. The summed E-state index contributed by atoms with van der Waals surface area (Å²) in [6.07, 6.45) is 3.16. The van der Waals surface area contributed by atoms with Crippen LogP contribution in [0.4, 0.5) is 5.69 Å². The molecule has 1 amide bonds. The summed E-state index contributed by atoms with van der Waals surface area (Å²) in [6.45, 7) is 7.60. The van der Waals surface area contributed by atoms with Crippen molar-refractivity contribution in [2.75, 3.05) is 18.8 Å². The smallest absolute Gasteiger partial charge is 0.232 e. The van der Waals surface area contributed by atoms with E-state index in [1.807, 2.05) is 43.0 Å². The molecule has 2 rings (SSSR count). The van der Waals surface area contributed by atoms with E-state index < -0.39 is 5.41 Å². The highest BCUT2D eigenvalue weighted by molar-refractivity contribution is 5.87. The summed E-state index contributed by atoms with van der Waals surface area (Å²) in [6, 6.07) is 7.59. The summed E-state index contributed by atoms with van der Waals surface area (Å²) in [5.74, 6) is 0.185. The number of hydrogen-bond donors (Lipinski definition) is 1. The Bertz CT molecular complexity index is 500. The van der Waals surface area contributed by atoms with E-state index in [0.29, 0.717) is 0 Å². The van der Waals surface area contributed by atoms with Crippen molar-refractivity contribution >= 4 is 11.6 Å². The lowest BCUT2D eigenvalue weighted by Crippen LogP contribution is -2.45. The number of nitrogens with two attached hydrogens (primary N) is 1. The number of benzene rings is 1. The lowest BCUT2D eigenvalue weighted by molar-refractivity contribution is -0.136. The van der Waals surface area contributed by atoms with E-state index in [1.165, 1.54) is 5.57 Å². The Morgan fingerprint density at radius 2 is 1.89 bits per heavy atom. The van der Waals surface area contributed by atoms with Crippen LogP contribution in [0.25, 0.3) is 0 Å². The van der Waals surface area contributed by atoms with Gasteiger partial charge in [0.1, 0.15) is 0 Å². The number of nitrogens with zero attached hydrogens (tertiary/aromatic N) is 1. The zero-order valence-electron chi connectivity index (χ0n) is 11.9. The van der Waals surface area contributed by atoms with Crippen LogP contribution in [0.2, 0.25) is 0 Å². The zero-order valence-corrected chi connectivity index (χ0v) is 11.9. The fourth-order valence-electron chi connectivity index (χ4n) is 2.50. The first-order valence-electron chi connectivity index (χ1n) is 6.72. The van der Waals surface area contributed by atoms with Crippen molar-refractivity contribution in [2.24, 2.45) is 0 Å². The molecule has 1 aliphatic heterocycles. The summed E-state index contributed by atoms with van der Waals surface area (Å²) in [5, 5.41) is 0. The quantitative estimate of drug-likeness (QED) is 0.655. The molecule has 1 aliphatic rings. The normalized spacial score (nSPS) is 16.2. The third-order valence-electron chi connectivity index (χ3n) is 3.79. The zero-order chi connectivity index (χ0) is 14.0. The number of nitrogen functional groups attached to an aromatic ring is 1. The minimum Gasteiger partial charge on any atom is -0.399 e. The van der Waals surface area contributed by atoms with Crippen LogP contribution in [0.15, 0.2) is 35.9 Å². The highest BCUT2D eigenvalue weighted by Crippen LogP contribution is 2.27. The van der Waals surface area contributed by atoms with E-state index in [0.717, 1.165) is 30.8 Å². The van der Waals surface area contributed by atoms with Crippen LogP contribution in [0.3, 0.4) is 0 Å². The van der Waals surface area contributed by atoms with E-state index in [9.17, 15) is 4.79 Å². The standard InChI is InChI=1S/C16H22N2O/c1-12-5-4-10-18(11-12)15(19)16(2,3)13-6-8-14(17)9-7-13/h5-9H,4,10-11,17H2,1-3H3. The third-order valence-corrected chi connectivity index (χ3v) is 3.79. The minimum absolute atomic E-state index is 0.185. The second-order valence-corrected chi connectivity index (χ2v) is 5.81. The first-order chi connectivity index (χ1) is 8.91. The Morgan fingerprint density at radius 3 is 2.47 bits per heavy atom. The maximum atomic E-state index is 12.7. The minimum atomic E-state index is -0.509. The van der Waals surface area contributed by atoms with Crippen LogP contribution < -0.4 is 5.73 Å². The Morgan fingerprint density at radius 1 is 1.26 bits per heavy atom. The van der Waals surface area contributed by atoms with E-state index in [1.54, 1.807) is 0 Å². The molecule has 1 heterocycles. The van der Waals surface area contributed by atoms with Crippen molar-refractivity contribution in [3.8, 4) is 0 Å². The summed E-state index contributed by atoms with van der Waals surface area (Å²) >= 11 is 0. The van der Waals surface area contributed by atoms with Gasteiger partial charge in [0.15, 0.2) is 0 Å². The Kier molecular flexibility index (Phi) is 3.65. The molecule has 1 aromatic carbocycles. The fraction of sp³-hybridized carbons (Fsp3) is 0.438. The molecule has 1 aromatic rings. The molecule has 0 atom stereocenters. The van der Waals surface area contributed by atoms with E-state index in [2.05, 4.69) is 13.0 Å². The van der Waals surface area contributed by atoms with Crippen molar-refractivity contribution in [2.45, 2.75) is 32.6 Å². The lowest BCUT2D eigenvalue weighted by Gasteiger charge is -2.34. The summed E-state index contributed by atoms with van der Waals surface area (Å²) < 4.78 is 0. The van der Waals surface area contributed by atoms with Gasteiger partial charge in [-0.05, 0) is 44.9 Å². The number of amides is 1. The molecular weight excluding hydrogens is 236 g/mol. The predicted molar refractivity (Wildman–Crippen MR) is 78.8 cm³/mol. The van der Waals surface area contributed by atoms with Crippen molar-refractivity contribution in [3.63, 3.8) is 0 Å². The van der Waals surface area contributed by atoms with Crippen molar-refractivity contribution in [3.05, 3.63) is 41.5 Å². The molecule has 0 bridgehead atoms. The summed E-state index contributed by atoms with van der Waals surface area (Å²) in [5.41, 5.74) is 8.21. The van der Waals surface area contributed by atoms with Gasteiger partial charge in [-0.3, -0.25) is 4.79 Å². The monoisotopic (exact) mass is 258 g/mol. The van der Waals surface area contributed by atoms with Crippen LogP contribution in [0, 0.1) is 0 Å². The van der Waals surface area contributed by atoms with E-state index >= 15 is 0 Å². The maximum absolute atomic E-state index is 12.7. The van der Waals surface area contributed by atoms with Gasteiger partial charge in [-0.25, -0.2) is 0 Å². The first-order valence-corrected chi connectivity index (χ1v) is 6.72. The van der Waals surface area contributed by atoms with Gasteiger partial charge in [0.05, 0.1) is 5.41 Å². The molecule has 2 N–H and O–H groups in total. The number of carbonyl (C=O) groups is 1. The molecule has 0 radical (unpaired) electrons. The highest BCUT2D eigenvalue weighted by Gasteiger charge is 2.34. The first kappa shape index (κ1) is 13.7. The molecular formula is C16H22N2O. The number of rotatable bonds is 2. The van der Waals surface area contributed by atoms with Crippen LogP contribution in [0.1, 0.15) is 32.8 Å². The number of carbonyl (C=O) groups excluding carboxylic acids is 1. The average Bonchev–Trinajstić information content (AvgIpc) is 2.38. The number of hydrogen-bond acceptors (Lipinski definition) is 2. The molecule has 0 spiro atoms. The molecule has 19 heavy (non-hydrogen) atoms. The third kappa shape index (κ3) is 2.80. The molecule has 0 fully saturated rings. The molecule has 0 aromatic heterocycles. The molecule has 3 heteroatoms. The van der Waals surface area contributed by atoms with E-state index in [-0.39, 0.29) is 5.91 Å². The van der Waals surface area contributed by atoms with Crippen LogP contribution in [-0.2, 0) is 10.2 Å². The van der Waals surface area contributed by atoms with Crippen LogP contribution in [0.5, 0.6) is 0 Å². The lowest BCUT2D eigenvalue weighted by atomic mass is 9.82. The fourth-order valence-corrected chi connectivity index (χ4v) is 2.50. The molecule has 3 nitrogen and oxygen atoms in total. The Hall–Kier alpha value is -1.77. The van der Waals surface area contributed by atoms with Gasteiger partial charge in [-0.1, -0.05) is 23.8 Å². The van der Waals surface area contributed by atoms with Crippen molar-refractivity contribution in [1.29, 1.82) is 0 Å². The number of anilines is 1. The molecule has 0 saturated heterocycles. The van der Waals surface area contributed by atoms with Gasteiger partial charge in [-0.2, -0.15) is 0 Å². The van der Waals surface area contributed by atoms with Crippen LogP contribution >= 0.6 is 0 Å². The SMILES string of the molecule is CC1=CCCN(C(=O)C(C)(C)c2ccc(N)cc2)C1. The molecule has 102 valence electrons. The average molecular weight is 258 g/mol. The Balaban J connectivity index is 2.21. The van der Waals surface area contributed by atoms with Gasteiger partial charge in [-0.15, -0.1) is 0 Å². The van der Waals surface area contributed by atoms with Gasteiger partial charge in [0.2, 0.25) is 5.91 Å². The van der Waals surface area contributed by atoms with Gasteiger partial charge >= 0.3 is 0 Å². The molecule has 0 saturated carbocycles. The predicted octanol–water partition coefficient (Wildman–Crippen LogP) is 2.73. The Labute approximate surface area is 115 Å². The topological polar surface area (TPSA) is 46.3 Å². The summed E-state index contributed by atoms with van der Waals surface area (Å²) in [7, 11) is 0.